The van der Waals surface area contributed by atoms with Crippen LogP contribution in [0.25, 0.3) is 0 Å². The third-order valence-electron chi connectivity index (χ3n) is 2.90. The van der Waals surface area contributed by atoms with E-state index in [9.17, 15) is 14.0 Å². The van der Waals surface area contributed by atoms with Crippen molar-refractivity contribution in [2.75, 3.05) is 18.5 Å². The van der Waals surface area contributed by atoms with Crippen molar-refractivity contribution in [2.45, 2.75) is 4.90 Å². The van der Waals surface area contributed by atoms with Crippen LogP contribution in [0.15, 0.2) is 47.4 Å². The van der Waals surface area contributed by atoms with Crippen molar-refractivity contribution >= 4 is 40.9 Å². The van der Waals surface area contributed by atoms with E-state index in [1.54, 1.807) is 6.07 Å². The molecule has 2 aromatic rings. The number of nitrogens with one attached hydrogen (secondary N) is 1. The molecule has 0 aliphatic heterocycles. The zero-order valence-electron chi connectivity index (χ0n) is 13.2. The van der Waals surface area contributed by atoms with Crippen LogP contribution in [0.1, 0.15) is 0 Å². The van der Waals surface area contributed by atoms with Crippen molar-refractivity contribution in [1.29, 1.82) is 5.26 Å². The molecule has 0 unspecified atom stereocenters. The lowest BCUT2D eigenvalue weighted by molar-refractivity contribution is -0.149. The van der Waals surface area contributed by atoms with Crippen molar-refractivity contribution in [3.63, 3.8) is 0 Å². The van der Waals surface area contributed by atoms with Gasteiger partial charge in [-0.05, 0) is 42.1 Å². The molecule has 9 heteroatoms. The van der Waals surface area contributed by atoms with Gasteiger partial charge in [-0.25, -0.2) is 9.18 Å². The van der Waals surface area contributed by atoms with E-state index < -0.39 is 30.9 Å². The van der Waals surface area contributed by atoms with Gasteiger partial charge in [0.2, 0.25) is 0 Å². The first-order valence-electron chi connectivity index (χ1n) is 7.17. The smallest absolute Gasteiger partial charge is 0.344 e. The van der Waals surface area contributed by atoms with Gasteiger partial charge in [-0.1, -0.05) is 17.7 Å². The molecule has 1 N–H and O–H groups in total. The van der Waals surface area contributed by atoms with Crippen LogP contribution in [-0.2, 0) is 14.3 Å². The number of rotatable bonds is 7. The predicted octanol–water partition coefficient (Wildman–Crippen LogP) is 3.61. The van der Waals surface area contributed by atoms with E-state index >= 15 is 0 Å². The molecule has 0 fully saturated rings. The van der Waals surface area contributed by atoms with Crippen LogP contribution in [0.5, 0.6) is 5.75 Å². The fourth-order valence-corrected chi connectivity index (χ4v) is 2.50. The zero-order valence-corrected chi connectivity index (χ0v) is 14.8. The lowest BCUT2D eigenvalue weighted by Crippen LogP contribution is -2.23. The second-order valence-electron chi connectivity index (χ2n) is 4.79. The molecular weight excluding hydrogens is 383 g/mol. The van der Waals surface area contributed by atoms with Gasteiger partial charge in [-0.3, -0.25) is 4.79 Å². The number of esters is 1. The molecule has 0 saturated carbocycles. The number of hydrogen-bond donors (Lipinski definition) is 1. The molecule has 0 aliphatic carbocycles. The molecule has 2 aromatic carbocycles. The highest BCUT2D eigenvalue weighted by molar-refractivity contribution is 8.03. The number of thiocyanates is 1. The van der Waals surface area contributed by atoms with Gasteiger partial charge in [0, 0.05) is 11.0 Å². The maximum Gasteiger partial charge on any atom is 0.344 e. The topological polar surface area (TPSA) is 88.4 Å². The maximum atomic E-state index is 13.0. The minimum absolute atomic E-state index is 0.175. The van der Waals surface area contributed by atoms with Crippen LogP contribution in [0, 0.1) is 16.5 Å². The first kappa shape index (κ1) is 19.6. The van der Waals surface area contributed by atoms with Gasteiger partial charge in [0.15, 0.2) is 13.2 Å². The van der Waals surface area contributed by atoms with Gasteiger partial charge in [-0.2, -0.15) is 5.26 Å². The summed E-state index contributed by atoms with van der Waals surface area (Å²) < 4.78 is 22.8. The molecule has 0 atom stereocenters. The van der Waals surface area contributed by atoms with E-state index in [0.29, 0.717) is 10.6 Å². The lowest BCUT2D eigenvalue weighted by atomic mass is 10.3. The van der Waals surface area contributed by atoms with Crippen molar-refractivity contribution in [3.05, 3.63) is 53.3 Å². The summed E-state index contributed by atoms with van der Waals surface area (Å²) in [7, 11) is 0. The number of halogens is 2. The second kappa shape index (κ2) is 9.65. The van der Waals surface area contributed by atoms with E-state index in [1.165, 1.54) is 30.3 Å². The SMILES string of the molecule is N#CSc1ccc(NC(=O)COC(=O)COc2cccc(F)c2)c(Cl)c1. The zero-order chi connectivity index (χ0) is 18.9. The van der Waals surface area contributed by atoms with E-state index in [0.717, 1.165) is 17.8 Å². The Morgan fingerprint density at radius 3 is 2.73 bits per heavy atom. The Morgan fingerprint density at radius 2 is 2.04 bits per heavy atom. The van der Waals surface area contributed by atoms with E-state index in [1.807, 2.05) is 5.40 Å². The van der Waals surface area contributed by atoms with Gasteiger partial charge in [0.25, 0.3) is 5.91 Å². The summed E-state index contributed by atoms with van der Waals surface area (Å²) in [5, 5.41) is 13.2. The maximum absolute atomic E-state index is 13.0. The highest BCUT2D eigenvalue weighted by Crippen LogP contribution is 2.27. The summed E-state index contributed by atoms with van der Waals surface area (Å²) in [5.41, 5.74) is 0.325. The lowest BCUT2D eigenvalue weighted by Gasteiger charge is -2.09. The average Bonchev–Trinajstić information content (AvgIpc) is 2.61. The first-order chi connectivity index (χ1) is 12.5. The summed E-state index contributed by atoms with van der Waals surface area (Å²) in [6.07, 6.45) is 0. The third-order valence-corrected chi connectivity index (χ3v) is 3.79. The third kappa shape index (κ3) is 6.27. The monoisotopic (exact) mass is 394 g/mol. The van der Waals surface area contributed by atoms with Gasteiger partial charge < -0.3 is 14.8 Å². The first-order valence-corrected chi connectivity index (χ1v) is 8.36. The van der Waals surface area contributed by atoms with Crippen LogP contribution in [0.3, 0.4) is 0 Å². The molecule has 0 saturated heterocycles. The number of ether oxygens (including phenoxy) is 2. The summed E-state index contributed by atoms with van der Waals surface area (Å²) in [6, 6.07) is 9.97. The second-order valence-corrected chi connectivity index (χ2v) is 6.06. The van der Waals surface area contributed by atoms with Crippen LogP contribution in [-0.4, -0.2) is 25.1 Å². The number of hydrogen-bond acceptors (Lipinski definition) is 6. The number of thioether (sulfide) groups is 1. The quantitative estimate of drug-likeness (QED) is 0.438. The van der Waals surface area contributed by atoms with Gasteiger partial charge in [0.1, 0.15) is 17.0 Å². The molecule has 0 bridgehead atoms. The molecule has 0 aromatic heterocycles. The standard InChI is InChI=1S/C17H12ClFN2O4S/c18-14-7-13(26-10-20)4-5-15(14)21-16(22)8-25-17(23)9-24-12-3-1-2-11(19)6-12/h1-7H,8-9H2,(H,21,22). The molecule has 26 heavy (non-hydrogen) atoms. The molecule has 0 radical (unpaired) electrons. The van der Waals surface area contributed by atoms with Gasteiger partial charge in [0.05, 0.1) is 10.7 Å². The predicted molar refractivity (Wildman–Crippen MR) is 94.4 cm³/mol. The summed E-state index contributed by atoms with van der Waals surface area (Å²) in [5.74, 6) is -1.69. The van der Waals surface area contributed by atoms with Crippen molar-refractivity contribution in [1.82, 2.24) is 0 Å². The fourth-order valence-electron chi connectivity index (χ4n) is 1.79. The largest absolute Gasteiger partial charge is 0.482 e. The highest BCUT2D eigenvalue weighted by Gasteiger charge is 2.11. The highest BCUT2D eigenvalue weighted by atomic mass is 35.5. The molecule has 6 nitrogen and oxygen atoms in total. The van der Waals surface area contributed by atoms with Gasteiger partial charge in [-0.15, -0.1) is 0 Å². The van der Waals surface area contributed by atoms with Crippen molar-refractivity contribution in [2.24, 2.45) is 0 Å². The van der Waals surface area contributed by atoms with Gasteiger partial charge >= 0.3 is 5.97 Å². The molecule has 0 heterocycles. The number of anilines is 1. The summed E-state index contributed by atoms with van der Waals surface area (Å²) in [4.78, 5) is 24.0. The van der Waals surface area contributed by atoms with E-state index in [2.05, 4.69) is 5.32 Å². The molecular formula is C17H12ClFN2O4S. The van der Waals surface area contributed by atoms with Crippen LogP contribution in [0.2, 0.25) is 5.02 Å². The van der Waals surface area contributed by atoms with E-state index in [-0.39, 0.29) is 10.8 Å². The fraction of sp³-hybridized carbons (Fsp3) is 0.118. The number of nitriles is 1. The number of carbonyl (C=O) groups is 2. The Labute approximate surface area is 157 Å². The van der Waals surface area contributed by atoms with Crippen molar-refractivity contribution < 1.29 is 23.5 Å². The number of benzene rings is 2. The Balaban J connectivity index is 1.77. The molecule has 2 rings (SSSR count). The Kier molecular flexibility index (Phi) is 7.26. The summed E-state index contributed by atoms with van der Waals surface area (Å²) >= 11 is 6.94. The Bertz CT molecular complexity index is 857. The summed E-state index contributed by atoms with van der Waals surface area (Å²) in [6.45, 7) is -0.992. The van der Waals surface area contributed by atoms with Crippen LogP contribution < -0.4 is 10.1 Å². The minimum Gasteiger partial charge on any atom is -0.482 e. The van der Waals surface area contributed by atoms with Crippen LogP contribution in [0.4, 0.5) is 10.1 Å². The number of amides is 1. The Hall–Kier alpha value is -2.76. The Morgan fingerprint density at radius 1 is 1.23 bits per heavy atom. The number of carbonyl (C=O) groups excluding carboxylic acids is 2. The average molecular weight is 395 g/mol. The molecule has 0 aliphatic rings. The molecule has 0 spiro atoms. The normalized spacial score (nSPS) is 9.88. The van der Waals surface area contributed by atoms with E-state index in [4.69, 9.17) is 26.3 Å². The van der Waals surface area contributed by atoms with Crippen molar-refractivity contribution in [3.8, 4) is 11.2 Å². The minimum atomic E-state index is -0.781. The van der Waals surface area contributed by atoms with Crippen LogP contribution >= 0.6 is 23.4 Å². The molecule has 134 valence electrons. The molecule has 1 amide bonds. The number of nitrogens with zero attached hydrogens (tertiary/aromatic N) is 1.